The molecule has 0 radical (unpaired) electrons. The maximum atomic E-state index is 12.3. The lowest BCUT2D eigenvalue weighted by molar-refractivity contribution is 0.0954. The van der Waals surface area contributed by atoms with E-state index in [0.29, 0.717) is 17.8 Å². The van der Waals surface area contributed by atoms with Gasteiger partial charge in [0.15, 0.2) is 0 Å². The monoisotopic (exact) mass is 380 g/mol. The van der Waals surface area contributed by atoms with Crippen LogP contribution >= 0.6 is 0 Å². The molecule has 0 aliphatic carbocycles. The molecular weight excluding hydrogens is 360 g/mol. The van der Waals surface area contributed by atoms with E-state index in [-0.39, 0.29) is 10.8 Å². The summed E-state index contributed by atoms with van der Waals surface area (Å²) in [6.45, 7) is 0.533. The summed E-state index contributed by atoms with van der Waals surface area (Å²) in [6, 6.07) is 24.4. The molecule has 0 bridgehead atoms. The van der Waals surface area contributed by atoms with Gasteiger partial charge in [0, 0.05) is 17.8 Å². The molecule has 1 amide bonds. The van der Waals surface area contributed by atoms with E-state index in [9.17, 15) is 13.2 Å². The van der Waals surface area contributed by atoms with Crippen LogP contribution in [0.25, 0.3) is 0 Å². The SMILES string of the molecule is O=C(NCCc1ccccc1)c1ccc(NS(=O)(=O)c2ccccc2)cc1. The second-order valence-corrected chi connectivity index (χ2v) is 7.67. The van der Waals surface area contributed by atoms with Gasteiger partial charge in [0.25, 0.3) is 15.9 Å². The van der Waals surface area contributed by atoms with Crippen LogP contribution in [-0.2, 0) is 16.4 Å². The highest BCUT2D eigenvalue weighted by atomic mass is 32.2. The molecule has 0 atom stereocenters. The van der Waals surface area contributed by atoms with Crippen LogP contribution in [0.1, 0.15) is 15.9 Å². The summed E-state index contributed by atoms with van der Waals surface area (Å²) < 4.78 is 27.1. The minimum absolute atomic E-state index is 0.188. The summed E-state index contributed by atoms with van der Waals surface area (Å²) in [5.74, 6) is -0.191. The van der Waals surface area contributed by atoms with E-state index < -0.39 is 10.0 Å². The number of hydrogen-bond donors (Lipinski definition) is 2. The Morgan fingerprint density at radius 2 is 1.37 bits per heavy atom. The van der Waals surface area contributed by atoms with Crippen molar-refractivity contribution >= 4 is 21.6 Å². The fraction of sp³-hybridized carbons (Fsp3) is 0.0952. The number of amides is 1. The van der Waals surface area contributed by atoms with Crippen molar-refractivity contribution in [2.75, 3.05) is 11.3 Å². The summed E-state index contributed by atoms with van der Waals surface area (Å²) in [4.78, 5) is 12.4. The zero-order valence-electron chi connectivity index (χ0n) is 14.6. The molecule has 0 spiro atoms. The molecule has 0 fully saturated rings. The summed E-state index contributed by atoms with van der Waals surface area (Å²) in [5, 5.41) is 2.86. The molecule has 0 aliphatic heterocycles. The van der Waals surface area contributed by atoms with Crippen molar-refractivity contribution in [1.29, 1.82) is 0 Å². The van der Waals surface area contributed by atoms with Crippen LogP contribution in [-0.4, -0.2) is 20.9 Å². The molecule has 0 unspecified atom stereocenters. The zero-order valence-corrected chi connectivity index (χ0v) is 15.4. The first-order valence-corrected chi connectivity index (χ1v) is 10.0. The lowest BCUT2D eigenvalue weighted by atomic mass is 10.1. The van der Waals surface area contributed by atoms with Crippen LogP contribution in [0.2, 0.25) is 0 Å². The first-order valence-electron chi connectivity index (χ1n) is 8.55. The Hall–Kier alpha value is -3.12. The average molecular weight is 380 g/mol. The van der Waals surface area contributed by atoms with Gasteiger partial charge in [-0.15, -0.1) is 0 Å². The summed E-state index contributed by atoms with van der Waals surface area (Å²) in [5.41, 5.74) is 2.04. The molecule has 0 heterocycles. The van der Waals surface area contributed by atoms with Crippen molar-refractivity contribution in [3.8, 4) is 0 Å². The van der Waals surface area contributed by atoms with Crippen molar-refractivity contribution in [3.05, 3.63) is 96.1 Å². The predicted octanol–water partition coefficient (Wildman–Crippen LogP) is 3.46. The van der Waals surface area contributed by atoms with Crippen molar-refractivity contribution in [2.45, 2.75) is 11.3 Å². The van der Waals surface area contributed by atoms with Crippen LogP contribution in [0.3, 0.4) is 0 Å². The minimum atomic E-state index is -3.64. The van der Waals surface area contributed by atoms with E-state index in [1.165, 1.54) is 12.1 Å². The van der Waals surface area contributed by atoms with Crippen LogP contribution in [0, 0.1) is 0 Å². The summed E-state index contributed by atoms with van der Waals surface area (Å²) >= 11 is 0. The van der Waals surface area contributed by atoms with E-state index in [2.05, 4.69) is 10.0 Å². The Labute approximate surface area is 159 Å². The van der Waals surface area contributed by atoms with Gasteiger partial charge in [-0.25, -0.2) is 8.42 Å². The third-order valence-corrected chi connectivity index (χ3v) is 5.39. The highest BCUT2D eigenvalue weighted by Crippen LogP contribution is 2.16. The Kier molecular flexibility index (Phi) is 5.88. The van der Waals surface area contributed by atoms with E-state index in [4.69, 9.17) is 0 Å². The van der Waals surface area contributed by atoms with Crippen molar-refractivity contribution in [2.24, 2.45) is 0 Å². The molecular formula is C21H20N2O3S. The second kappa shape index (κ2) is 8.51. The Balaban J connectivity index is 1.57. The number of carbonyl (C=O) groups excluding carboxylic acids is 1. The van der Waals surface area contributed by atoms with E-state index >= 15 is 0 Å². The third kappa shape index (κ3) is 5.18. The topological polar surface area (TPSA) is 75.3 Å². The normalized spacial score (nSPS) is 11.0. The molecule has 0 saturated carbocycles. The smallest absolute Gasteiger partial charge is 0.261 e. The summed E-state index contributed by atoms with van der Waals surface area (Å²) in [6.07, 6.45) is 0.752. The van der Waals surface area contributed by atoms with Gasteiger partial charge in [-0.3, -0.25) is 9.52 Å². The second-order valence-electron chi connectivity index (χ2n) is 5.99. The van der Waals surface area contributed by atoms with E-state index in [1.54, 1.807) is 42.5 Å². The van der Waals surface area contributed by atoms with Gasteiger partial charge < -0.3 is 5.32 Å². The average Bonchev–Trinajstić information content (AvgIpc) is 2.70. The van der Waals surface area contributed by atoms with Crippen LogP contribution in [0.15, 0.2) is 89.8 Å². The molecule has 2 N–H and O–H groups in total. The highest BCUT2D eigenvalue weighted by Gasteiger charge is 2.13. The maximum absolute atomic E-state index is 12.3. The van der Waals surface area contributed by atoms with Crippen LogP contribution in [0.4, 0.5) is 5.69 Å². The quantitative estimate of drug-likeness (QED) is 0.659. The molecule has 27 heavy (non-hydrogen) atoms. The number of anilines is 1. The maximum Gasteiger partial charge on any atom is 0.261 e. The molecule has 6 heteroatoms. The molecule has 0 saturated heterocycles. The van der Waals surface area contributed by atoms with Crippen molar-refractivity contribution < 1.29 is 13.2 Å². The number of carbonyl (C=O) groups is 1. The number of sulfonamides is 1. The van der Waals surface area contributed by atoms with Gasteiger partial charge in [-0.1, -0.05) is 48.5 Å². The van der Waals surface area contributed by atoms with Gasteiger partial charge in [-0.05, 0) is 48.4 Å². The van der Waals surface area contributed by atoms with Gasteiger partial charge in [0.05, 0.1) is 4.90 Å². The molecule has 5 nitrogen and oxygen atoms in total. The molecule has 138 valence electrons. The molecule has 0 aromatic heterocycles. The Bertz CT molecular complexity index is 987. The fourth-order valence-electron chi connectivity index (χ4n) is 2.57. The largest absolute Gasteiger partial charge is 0.352 e. The Morgan fingerprint density at radius 1 is 0.778 bits per heavy atom. The lowest BCUT2D eigenvalue weighted by Gasteiger charge is -2.09. The predicted molar refractivity (Wildman–Crippen MR) is 106 cm³/mol. The van der Waals surface area contributed by atoms with Gasteiger partial charge in [0.1, 0.15) is 0 Å². The summed E-state index contributed by atoms with van der Waals surface area (Å²) in [7, 11) is -3.64. The molecule has 3 rings (SSSR count). The Morgan fingerprint density at radius 3 is 2.00 bits per heavy atom. The number of hydrogen-bond acceptors (Lipinski definition) is 3. The third-order valence-electron chi connectivity index (χ3n) is 3.99. The first kappa shape index (κ1) is 18.7. The van der Waals surface area contributed by atoms with Crippen LogP contribution in [0.5, 0.6) is 0 Å². The van der Waals surface area contributed by atoms with Crippen molar-refractivity contribution in [3.63, 3.8) is 0 Å². The number of nitrogens with one attached hydrogen (secondary N) is 2. The van der Waals surface area contributed by atoms with E-state index in [0.717, 1.165) is 12.0 Å². The molecule has 3 aromatic carbocycles. The number of rotatable bonds is 7. The van der Waals surface area contributed by atoms with E-state index in [1.807, 2.05) is 30.3 Å². The standard InChI is InChI=1S/C21H20N2O3S/c24-21(22-16-15-17-7-3-1-4-8-17)18-11-13-19(14-12-18)23-27(25,26)20-9-5-2-6-10-20/h1-14,23H,15-16H2,(H,22,24). The van der Waals surface area contributed by atoms with Gasteiger partial charge in [-0.2, -0.15) is 0 Å². The zero-order chi connectivity index (χ0) is 19.1. The fourth-order valence-corrected chi connectivity index (χ4v) is 3.65. The van der Waals surface area contributed by atoms with Crippen LogP contribution < -0.4 is 10.0 Å². The first-order chi connectivity index (χ1) is 13.0. The number of benzene rings is 3. The molecule has 0 aliphatic rings. The highest BCUT2D eigenvalue weighted by molar-refractivity contribution is 7.92. The molecule has 3 aromatic rings. The minimum Gasteiger partial charge on any atom is -0.352 e. The lowest BCUT2D eigenvalue weighted by Crippen LogP contribution is -2.25. The van der Waals surface area contributed by atoms with Gasteiger partial charge in [0.2, 0.25) is 0 Å². The van der Waals surface area contributed by atoms with Crippen molar-refractivity contribution in [1.82, 2.24) is 5.32 Å². The van der Waals surface area contributed by atoms with Gasteiger partial charge >= 0.3 is 0 Å².